The van der Waals surface area contributed by atoms with Crippen LogP contribution in [0.15, 0.2) is 6.07 Å². The molecule has 2 rings (SSSR count). The van der Waals surface area contributed by atoms with Crippen LogP contribution >= 0.6 is 0 Å². The van der Waals surface area contributed by atoms with Crippen LogP contribution in [-0.2, 0) is 16.1 Å². The summed E-state index contributed by atoms with van der Waals surface area (Å²) in [7, 11) is 1.65. The van der Waals surface area contributed by atoms with Crippen LogP contribution in [0, 0.1) is 6.92 Å². The molecule has 0 unspecified atom stereocenters. The van der Waals surface area contributed by atoms with E-state index in [-0.39, 0.29) is 0 Å². The fourth-order valence-electron chi connectivity index (χ4n) is 1.95. The molecule has 1 saturated heterocycles. The van der Waals surface area contributed by atoms with E-state index in [1.807, 2.05) is 13.0 Å². The quantitative estimate of drug-likeness (QED) is 0.860. The van der Waals surface area contributed by atoms with Gasteiger partial charge in [-0.15, -0.1) is 0 Å². The number of hydrogen-bond acceptors (Lipinski definition) is 5. The van der Waals surface area contributed by atoms with Gasteiger partial charge in [0.15, 0.2) is 5.82 Å². The SMILES string of the molecule is COCc1nc(C)cc(NC2CCOCC2)n1. The molecule has 0 aromatic carbocycles. The fraction of sp³-hybridized carbons (Fsp3) is 0.667. The second-order valence-corrected chi connectivity index (χ2v) is 4.27. The van der Waals surface area contributed by atoms with Crippen molar-refractivity contribution in [2.75, 3.05) is 25.6 Å². The van der Waals surface area contributed by atoms with Crippen molar-refractivity contribution in [1.82, 2.24) is 9.97 Å². The van der Waals surface area contributed by atoms with Crippen LogP contribution < -0.4 is 5.32 Å². The molecular weight excluding hydrogens is 218 g/mol. The second kappa shape index (κ2) is 5.93. The van der Waals surface area contributed by atoms with Gasteiger partial charge < -0.3 is 14.8 Å². The Kier molecular flexibility index (Phi) is 4.28. The molecule has 0 aliphatic carbocycles. The molecule has 1 N–H and O–H groups in total. The number of nitrogens with one attached hydrogen (secondary N) is 1. The summed E-state index contributed by atoms with van der Waals surface area (Å²) < 4.78 is 10.4. The first kappa shape index (κ1) is 12.3. The molecule has 5 heteroatoms. The van der Waals surface area contributed by atoms with Crippen molar-refractivity contribution in [3.63, 3.8) is 0 Å². The van der Waals surface area contributed by atoms with Crippen LogP contribution in [0.5, 0.6) is 0 Å². The van der Waals surface area contributed by atoms with E-state index in [1.165, 1.54) is 0 Å². The summed E-state index contributed by atoms with van der Waals surface area (Å²) in [6.07, 6.45) is 2.06. The highest BCUT2D eigenvalue weighted by Gasteiger charge is 2.14. The smallest absolute Gasteiger partial charge is 0.156 e. The van der Waals surface area contributed by atoms with Gasteiger partial charge in [-0.3, -0.25) is 0 Å². The molecule has 1 aromatic rings. The zero-order chi connectivity index (χ0) is 12.1. The zero-order valence-corrected chi connectivity index (χ0v) is 10.4. The van der Waals surface area contributed by atoms with Gasteiger partial charge in [0.25, 0.3) is 0 Å². The number of aryl methyl sites for hydroxylation is 1. The predicted octanol–water partition coefficient (Wildman–Crippen LogP) is 1.52. The molecule has 0 amide bonds. The fourth-order valence-corrected chi connectivity index (χ4v) is 1.95. The van der Waals surface area contributed by atoms with Gasteiger partial charge in [-0.2, -0.15) is 0 Å². The normalized spacial score (nSPS) is 17.1. The number of methoxy groups -OCH3 is 1. The van der Waals surface area contributed by atoms with Crippen molar-refractivity contribution in [2.24, 2.45) is 0 Å². The maximum absolute atomic E-state index is 5.33. The average molecular weight is 237 g/mol. The van der Waals surface area contributed by atoms with E-state index in [0.717, 1.165) is 43.4 Å². The third kappa shape index (κ3) is 3.64. The Morgan fingerprint density at radius 1 is 1.41 bits per heavy atom. The van der Waals surface area contributed by atoms with Crippen LogP contribution in [-0.4, -0.2) is 36.3 Å². The van der Waals surface area contributed by atoms with Crippen molar-refractivity contribution >= 4 is 5.82 Å². The van der Waals surface area contributed by atoms with E-state index in [1.54, 1.807) is 7.11 Å². The van der Waals surface area contributed by atoms with Gasteiger partial charge in [0.2, 0.25) is 0 Å². The molecule has 1 aromatic heterocycles. The summed E-state index contributed by atoms with van der Waals surface area (Å²) in [5.74, 6) is 1.61. The van der Waals surface area contributed by atoms with E-state index in [2.05, 4.69) is 15.3 Å². The number of hydrogen-bond donors (Lipinski definition) is 1. The molecule has 1 aliphatic rings. The molecule has 0 atom stereocenters. The largest absolute Gasteiger partial charge is 0.381 e. The van der Waals surface area contributed by atoms with Crippen molar-refractivity contribution < 1.29 is 9.47 Å². The highest BCUT2D eigenvalue weighted by molar-refractivity contribution is 5.37. The Morgan fingerprint density at radius 3 is 2.88 bits per heavy atom. The van der Waals surface area contributed by atoms with Gasteiger partial charge >= 0.3 is 0 Å². The van der Waals surface area contributed by atoms with Gasteiger partial charge in [0.05, 0.1) is 0 Å². The lowest BCUT2D eigenvalue weighted by Gasteiger charge is -2.23. The Balaban J connectivity index is 2.03. The van der Waals surface area contributed by atoms with Crippen molar-refractivity contribution in [3.8, 4) is 0 Å². The molecule has 0 saturated carbocycles. The summed E-state index contributed by atoms with van der Waals surface area (Å²) in [6.45, 7) is 4.07. The van der Waals surface area contributed by atoms with Gasteiger partial charge in [-0.1, -0.05) is 0 Å². The van der Waals surface area contributed by atoms with Crippen molar-refractivity contribution in [1.29, 1.82) is 0 Å². The Morgan fingerprint density at radius 2 is 2.18 bits per heavy atom. The van der Waals surface area contributed by atoms with Crippen LogP contribution in [0.25, 0.3) is 0 Å². The van der Waals surface area contributed by atoms with Crippen LogP contribution in [0.3, 0.4) is 0 Å². The van der Waals surface area contributed by atoms with Gasteiger partial charge in [-0.05, 0) is 19.8 Å². The molecule has 0 spiro atoms. The minimum atomic E-state index is 0.449. The Hall–Kier alpha value is -1.20. The van der Waals surface area contributed by atoms with Crippen LogP contribution in [0.1, 0.15) is 24.4 Å². The first-order chi connectivity index (χ1) is 8.28. The molecule has 0 radical (unpaired) electrons. The molecule has 1 aliphatic heterocycles. The van der Waals surface area contributed by atoms with E-state index in [9.17, 15) is 0 Å². The van der Waals surface area contributed by atoms with E-state index in [4.69, 9.17) is 9.47 Å². The lowest BCUT2D eigenvalue weighted by Crippen LogP contribution is -2.28. The number of ether oxygens (including phenoxy) is 2. The first-order valence-corrected chi connectivity index (χ1v) is 5.95. The minimum absolute atomic E-state index is 0.449. The molecule has 17 heavy (non-hydrogen) atoms. The van der Waals surface area contributed by atoms with E-state index < -0.39 is 0 Å². The summed E-state index contributed by atoms with van der Waals surface area (Å²) >= 11 is 0. The zero-order valence-electron chi connectivity index (χ0n) is 10.4. The molecular formula is C12H19N3O2. The molecule has 94 valence electrons. The van der Waals surface area contributed by atoms with Gasteiger partial charge in [-0.25, -0.2) is 9.97 Å². The topological polar surface area (TPSA) is 56.3 Å². The molecule has 1 fully saturated rings. The summed E-state index contributed by atoms with van der Waals surface area (Å²) in [5, 5.41) is 3.43. The lowest BCUT2D eigenvalue weighted by molar-refractivity contribution is 0.0903. The third-order valence-electron chi connectivity index (χ3n) is 2.75. The molecule has 2 heterocycles. The number of nitrogens with zero attached hydrogens (tertiary/aromatic N) is 2. The Labute approximate surface area is 102 Å². The third-order valence-corrected chi connectivity index (χ3v) is 2.75. The number of anilines is 1. The summed E-state index contributed by atoms with van der Waals surface area (Å²) in [4.78, 5) is 8.75. The molecule has 5 nitrogen and oxygen atoms in total. The highest BCUT2D eigenvalue weighted by atomic mass is 16.5. The average Bonchev–Trinajstić information content (AvgIpc) is 2.30. The molecule has 0 bridgehead atoms. The second-order valence-electron chi connectivity index (χ2n) is 4.27. The Bertz CT molecular complexity index is 365. The number of aromatic nitrogens is 2. The van der Waals surface area contributed by atoms with Crippen molar-refractivity contribution in [2.45, 2.75) is 32.4 Å². The standard InChI is InChI=1S/C12H19N3O2/c1-9-7-11(15-12(13-9)8-16-2)14-10-3-5-17-6-4-10/h7,10H,3-6,8H2,1-2H3,(H,13,14,15). The minimum Gasteiger partial charge on any atom is -0.381 e. The van der Waals surface area contributed by atoms with E-state index >= 15 is 0 Å². The maximum Gasteiger partial charge on any atom is 0.156 e. The lowest BCUT2D eigenvalue weighted by atomic mass is 10.1. The van der Waals surface area contributed by atoms with Crippen molar-refractivity contribution in [3.05, 3.63) is 17.6 Å². The van der Waals surface area contributed by atoms with Gasteiger partial charge in [0, 0.05) is 38.1 Å². The summed E-state index contributed by atoms with van der Waals surface area (Å²) in [6, 6.07) is 2.42. The van der Waals surface area contributed by atoms with E-state index in [0.29, 0.717) is 12.6 Å². The maximum atomic E-state index is 5.33. The predicted molar refractivity (Wildman–Crippen MR) is 64.9 cm³/mol. The summed E-state index contributed by atoms with van der Waals surface area (Å²) in [5.41, 5.74) is 0.960. The van der Waals surface area contributed by atoms with Gasteiger partial charge in [0.1, 0.15) is 12.4 Å². The highest BCUT2D eigenvalue weighted by Crippen LogP contribution is 2.14. The van der Waals surface area contributed by atoms with Crippen LogP contribution in [0.4, 0.5) is 5.82 Å². The monoisotopic (exact) mass is 237 g/mol. The van der Waals surface area contributed by atoms with Crippen LogP contribution in [0.2, 0.25) is 0 Å². The first-order valence-electron chi connectivity index (χ1n) is 5.95. The number of rotatable bonds is 4.